The number of hydrogen-bond donors (Lipinski definition) is 1. The molecular weight excluding hydrogens is 310 g/mol. The number of aryl methyl sites for hydroxylation is 1. The number of carbonyl (C=O) groups is 1. The van der Waals surface area contributed by atoms with Gasteiger partial charge in [-0.05, 0) is 18.2 Å². The maximum Gasteiger partial charge on any atom is 0.231 e. The molecule has 0 fully saturated rings. The summed E-state index contributed by atoms with van der Waals surface area (Å²) in [6.07, 6.45) is 0.675. The molecule has 2 heterocycles. The molecule has 2 aromatic heterocycles. The molecular formula is C16H17N5O3. The predicted molar refractivity (Wildman–Crippen MR) is 87.3 cm³/mol. The molecule has 3 rings (SSSR count). The van der Waals surface area contributed by atoms with E-state index in [0.29, 0.717) is 35.2 Å². The van der Waals surface area contributed by atoms with E-state index in [0.717, 1.165) is 0 Å². The van der Waals surface area contributed by atoms with Crippen molar-refractivity contribution in [1.29, 1.82) is 0 Å². The molecule has 124 valence electrons. The van der Waals surface area contributed by atoms with Crippen LogP contribution in [0, 0.1) is 0 Å². The average molecular weight is 327 g/mol. The zero-order chi connectivity index (χ0) is 16.9. The lowest BCUT2D eigenvalue weighted by atomic mass is 10.2. The standard InChI is InChI=1S/C16H17N5O3/c1-23-12-5-3-4-11(10-12)17-15(22)8-6-13-18-19-14-7-9-16(24-2)20-21(13)14/h3-5,7,9-10H,6,8H2,1-2H3,(H,17,22). The first-order chi connectivity index (χ1) is 11.7. The molecule has 1 N–H and O–H groups in total. The highest BCUT2D eigenvalue weighted by Gasteiger charge is 2.11. The number of nitrogens with one attached hydrogen (secondary N) is 1. The molecule has 0 spiro atoms. The summed E-state index contributed by atoms with van der Waals surface area (Å²) in [5.41, 5.74) is 1.30. The van der Waals surface area contributed by atoms with Gasteiger partial charge in [-0.2, -0.15) is 4.52 Å². The summed E-state index contributed by atoms with van der Waals surface area (Å²) in [5, 5.41) is 15.2. The number of aromatic nitrogens is 4. The van der Waals surface area contributed by atoms with Gasteiger partial charge in [-0.3, -0.25) is 4.79 Å². The van der Waals surface area contributed by atoms with Gasteiger partial charge in [-0.25, -0.2) is 0 Å². The lowest BCUT2D eigenvalue weighted by molar-refractivity contribution is -0.116. The molecule has 0 bridgehead atoms. The van der Waals surface area contributed by atoms with Crippen molar-refractivity contribution in [2.45, 2.75) is 12.8 Å². The van der Waals surface area contributed by atoms with E-state index in [1.807, 2.05) is 12.1 Å². The topological polar surface area (TPSA) is 90.6 Å². The van der Waals surface area contributed by atoms with Crippen LogP contribution in [-0.4, -0.2) is 39.9 Å². The number of nitrogens with zero attached hydrogens (tertiary/aromatic N) is 4. The molecule has 3 aromatic rings. The van der Waals surface area contributed by atoms with E-state index in [4.69, 9.17) is 9.47 Å². The Bertz CT molecular complexity index is 862. The van der Waals surface area contributed by atoms with Gasteiger partial charge in [0.25, 0.3) is 0 Å². The Morgan fingerprint density at radius 3 is 2.83 bits per heavy atom. The van der Waals surface area contributed by atoms with Crippen molar-refractivity contribution < 1.29 is 14.3 Å². The van der Waals surface area contributed by atoms with Crippen LogP contribution in [0.2, 0.25) is 0 Å². The van der Waals surface area contributed by atoms with Crippen molar-refractivity contribution in [1.82, 2.24) is 19.8 Å². The Labute approximate surface area is 138 Å². The summed E-state index contributed by atoms with van der Waals surface area (Å²) in [7, 11) is 3.12. The average Bonchev–Trinajstić information content (AvgIpc) is 3.02. The summed E-state index contributed by atoms with van der Waals surface area (Å²) in [4.78, 5) is 12.1. The van der Waals surface area contributed by atoms with E-state index >= 15 is 0 Å². The van der Waals surface area contributed by atoms with Crippen molar-refractivity contribution in [2.75, 3.05) is 19.5 Å². The van der Waals surface area contributed by atoms with Gasteiger partial charge in [-0.15, -0.1) is 15.3 Å². The lowest BCUT2D eigenvalue weighted by Gasteiger charge is -2.06. The van der Waals surface area contributed by atoms with Crippen LogP contribution < -0.4 is 14.8 Å². The fourth-order valence-corrected chi connectivity index (χ4v) is 2.23. The van der Waals surface area contributed by atoms with Crippen LogP contribution >= 0.6 is 0 Å². The molecule has 0 aliphatic heterocycles. The molecule has 0 saturated heterocycles. The van der Waals surface area contributed by atoms with Gasteiger partial charge in [0.15, 0.2) is 11.5 Å². The molecule has 24 heavy (non-hydrogen) atoms. The van der Waals surface area contributed by atoms with Crippen molar-refractivity contribution in [3.63, 3.8) is 0 Å². The summed E-state index contributed by atoms with van der Waals surface area (Å²) in [5.74, 6) is 1.63. The zero-order valence-corrected chi connectivity index (χ0v) is 13.4. The largest absolute Gasteiger partial charge is 0.497 e. The first-order valence-corrected chi connectivity index (χ1v) is 7.39. The van der Waals surface area contributed by atoms with Gasteiger partial charge in [-0.1, -0.05) is 6.07 Å². The number of ether oxygens (including phenoxy) is 2. The molecule has 0 unspecified atom stereocenters. The van der Waals surface area contributed by atoms with E-state index < -0.39 is 0 Å². The molecule has 0 radical (unpaired) electrons. The van der Waals surface area contributed by atoms with Crippen LogP contribution in [0.1, 0.15) is 12.2 Å². The molecule has 8 heteroatoms. The minimum absolute atomic E-state index is 0.122. The number of hydrogen-bond acceptors (Lipinski definition) is 6. The second-order valence-corrected chi connectivity index (χ2v) is 5.04. The van der Waals surface area contributed by atoms with E-state index in [2.05, 4.69) is 20.6 Å². The fraction of sp³-hybridized carbons (Fsp3) is 0.250. The highest BCUT2D eigenvalue weighted by atomic mass is 16.5. The highest BCUT2D eigenvalue weighted by molar-refractivity contribution is 5.90. The zero-order valence-electron chi connectivity index (χ0n) is 13.4. The van der Waals surface area contributed by atoms with Gasteiger partial charge in [0.05, 0.1) is 14.2 Å². The SMILES string of the molecule is COc1cccc(NC(=O)CCc2nnc3ccc(OC)nn23)c1. The van der Waals surface area contributed by atoms with E-state index in [-0.39, 0.29) is 12.3 Å². The van der Waals surface area contributed by atoms with Crippen molar-refractivity contribution in [3.05, 3.63) is 42.2 Å². The smallest absolute Gasteiger partial charge is 0.231 e. The third kappa shape index (κ3) is 3.43. The number of amides is 1. The monoisotopic (exact) mass is 327 g/mol. The van der Waals surface area contributed by atoms with Crippen molar-refractivity contribution in [3.8, 4) is 11.6 Å². The highest BCUT2D eigenvalue weighted by Crippen LogP contribution is 2.17. The third-order valence-electron chi connectivity index (χ3n) is 3.44. The second kappa shape index (κ2) is 6.95. The molecule has 8 nitrogen and oxygen atoms in total. The predicted octanol–water partition coefficient (Wildman–Crippen LogP) is 1.71. The first kappa shape index (κ1) is 15.7. The van der Waals surface area contributed by atoms with E-state index in [1.54, 1.807) is 43.0 Å². The Morgan fingerprint density at radius 2 is 2.04 bits per heavy atom. The van der Waals surface area contributed by atoms with E-state index in [1.165, 1.54) is 0 Å². The lowest BCUT2D eigenvalue weighted by Crippen LogP contribution is -2.13. The number of fused-ring (bicyclic) bond motifs is 1. The van der Waals surface area contributed by atoms with Crippen molar-refractivity contribution in [2.24, 2.45) is 0 Å². The van der Waals surface area contributed by atoms with Crippen LogP contribution in [0.4, 0.5) is 5.69 Å². The summed E-state index contributed by atoms with van der Waals surface area (Å²) in [6.45, 7) is 0. The van der Waals surface area contributed by atoms with E-state index in [9.17, 15) is 4.79 Å². The normalized spacial score (nSPS) is 10.6. The van der Waals surface area contributed by atoms with Crippen LogP contribution in [0.5, 0.6) is 11.6 Å². The molecule has 1 amide bonds. The summed E-state index contributed by atoms with van der Waals surface area (Å²) in [6, 6.07) is 10.7. The van der Waals surface area contributed by atoms with Gasteiger partial charge >= 0.3 is 0 Å². The second-order valence-electron chi connectivity index (χ2n) is 5.04. The Morgan fingerprint density at radius 1 is 1.17 bits per heavy atom. The quantitative estimate of drug-likeness (QED) is 0.741. The van der Waals surface area contributed by atoms with Crippen LogP contribution in [-0.2, 0) is 11.2 Å². The van der Waals surface area contributed by atoms with Crippen LogP contribution in [0.3, 0.4) is 0 Å². The maximum absolute atomic E-state index is 12.1. The minimum Gasteiger partial charge on any atom is -0.497 e. The van der Waals surface area contributed by atoms with Crippen LogP contribution in [0.15, 0.2) is 36.4 Å². The van der Waals surface area contributed by atoms with Gasteiger partial charge in [0, 0.05) is 30.7 Å². The fourth-order valence-electron chi connectivity index (χ4n) is 2.23. The Hall–Kier alpha value is -3.16. The number of benzene rings is 1. The number of rotatable bonds is 6. The Kier molecular flexibility index (Phi) is 4.55. The van der Waals surface area contributed by atoms with Gasteiger partial charge in [0.1, 0.15) is 5.75 Å². The molecule has 0 atom stereocenters. The summed E-state index contributed by atoms with van der Waals surface area (Å²) < 4.78 is 11.8. The van der Waals surface area contributed by atoms with Gasteiger partial charge in [0.2, 0.25) is 11.8 Å². The van der Waals surface area contributed by atoms with Crippen molar-refractivity contribution >= 4 is 17.2 Å². The van der Waals surface area contributed by atoms with Gasteiger partial charge < -0.3 is 14.8 Å². The molecule has 1 aromatic carbocycles. The number of carbonyl (C=O) groups excluding carboxylic acids is 1. The number of anilines is 1. The molecule has 0 saturated carbocycles. The third-order valence-corrected chi connectivity index (χ3v) is 3.44. The number of methoxy groups -OCH3 is 2. The molecule has 0 aliphatic carbocycles. The maximum atomic E-state index is 12.1. The summed E-state index contributed by atoms with van der Waals surface area (Å²) >= 11 is 0. The Balaban J connectivity index is 1.65. The minimum atomic E-state index is -0.122. The molecule has 0 aliphatic rings. The first-order valence-electron chi connectivity index (χ1n) is 7.39. The van der Waals surface area contributed by atoms with Crippen LogP contribution in [0.25, 0.3) is 5.65 Å².